The van der Waals surface area contributed by atoms with Crippen LogP contribution in [0.3, 0.4) is 0 Å². The van der Waals surface area contributed by atoms with Crippen molar-refractivity contribution in [1.82, 2.24) is 4.98 Å². The fraction of sp³-hybridized carbons (Fsp3) is 0.0714. The molecule has 5 aromatic rings. The topological polar surface area (TPSA) is 33.2 Å². The molecule has 0 spiro atoms. The molecule has 0 N–H and O–H groups in total. The first kappa shape index (κ1) is 21.4. The van der Waals surface area contributed by atoms with Crippen molar-refractivity contribution in [3.63, 3.8) is 0 Å². The van der Waals surface area contributed by atoms with E-state index >= 15 is 0 Å². The molecule has 0 aliphatic carbocycles. The molecule has 162 valence electrons. The van der Waals surface area contributed by atoms with Crippen LogP contribution in [0.5, 0.6) is 0 Å². The van der Waals surface area contributed by atoms with E-state index in [1.54, 1.807) is 4.90 Å². The van der Waals surface area contributed by atoms with Crippen LogP contribution in [-0.4, -0.2) is 10.9 Å². The van der Waals surface area contributed by atoms with Crippen LogP contribution in [0.1, 0.15) is 11.1 Å². The van der Waals surface area contributed by atoms with E-state index in [1.165, 1.54) is 11.3 Å². The normalized spacial score (nSPS) is 11.0. The lowest BCUT2D eigenvalue weighted by atomic mass is 10.0. The highest BCUT2D eigenvalue weighted by atomic mass is 35.5. The first-order valence-electron chi connectivity index (χ1n) is 10.7. The van der Waals surface area contributed by atoms with Crippen molar-refractivity contribution in [2.45, 2.75) is 13.3 Å². The van der Waals surface area contributed by atoms with Gasteiger partial charge in [0.05, 0.1) is 22.3 Å². The number of carbonyl (C=O) groups excluding carboxylic acids is 1. The van der Waals surface area contributed by atoms with E-state index in [4.69, 9.17) is 16.6 Å². The van der Waals surface area contributed by atoms with Crippen LogP contribution in [0.25, 0.3) is 21.3 Å². The highest BCUT2D eigenvalue weighted by Crippen LogP contribution is 2.35. The predicted octanol–water partition coefficient (Wildman–Crippen LogP) is 7.83. The number of thiazole rings is 1. The Morgan fingerprint density at radius 1 is 0.879 bits per heavy atom. The standard InChI is InChI=1S/C28H21ClN2OS/c1-19-11-16-23(18-24(19)29)31(28-30-25-9-5-6-10-26(25)33-28)27(32)17-20-12-14-22(15-13-20)21-7-3-2-4-8-21/h2-16,18H,17H2,1H3. The summed E-state index contributed by atoms with van der Waals surface area (Å²) in [5.74, 6) is -0.0542. The molecule has 0 aliphatic rings. The second kappa shape index (κ2) is 9.18. The molecule has 5 heteroatoms. The number of para-hydroxylation sites is 1. The summed E-state index contributed by atoms with van der Waals surface area (Å²) >= 11 is 7.91. The Hall–Kier alpha value is -3.47. The van der Waals surface area contributed by atoms with Gasteiger partial charge in [0.15, 0.2) is 5.13 Å². The maximum absolute atomic E-state index is 13.6. The van der Waals surface area contributed by atoms with Gasteiger partial charge in [0.2, 0.25) is 5.91 Å². The van der Waals surface area contributed by atoms with Gasteiger partial charge < -0.3 is 0 Å². The average molecular weight is 469 g/mol. The Balaban J connectivity index is 1.48. The van der Waals surface area contributed by atoms with E-state index in [9.17, 15) is 4.79 Å². The molecule has 5 rings (SSSR count). The number of hydrogen-bond donors (Lipinski definition) is 0. The van der Waals surface area contributed by atoms with Gasteiger partial charge in [0.25, 0.3) is 0 Å². The van der Waals surface area contributed by atoms with Crippen molar-refractivity contribution in [2.24, 2.45) is 0 Å². The minimum atomic E-state index is -0.0542. The number of amides is 1. The lowest BCUT2D eigenvalue weighted by Crippen LogP contribution is -2.27. The van der Waals surface area contributed by atoms with Gasteiger partial charge in [-0.1, -0.05) is 95.7 Å². The molecular weight excluding hydrogens is 448 g/mol. The van der Waals surface area contributed by atoms with E-state index in [-0.39, 0.29) is 12.3 Å². The molecule has 0 unspecified atom stereocenters. The Bertz CT molecular complexity index is 1390. The van der Waals surface area contributed by atoms with Crippen LogP contribution in [0.4, 0.5) is 10.8 Å². The highest BCUT2D eigenvalue weighted by molar-refractivity contribution is 7.22. The molecule has 0 fully saturated rings. The Labute approximate surface area is 201 Å². The second-order valence-electron chi connectivity index (χ2n) is 7.87. The molecule has 0 bridgehead atoms. The SMILES string of the molecule is Cc1ccc(N(C(=O)Cc2ccc(-c3ccccc3)cc2)c2nc3ccccc3s2)cc1Cl. The lowest BCUT2D eigenvalue weighted by molar-refractivity contribution is -0.117. The Morgan fingerprint density at radius 2 is 1.58 bits per heavy atom. The lowest BCUT2D eigenvalue weighted by Gasteiger charge is -2.21. The fourth-order valence-electron chi connectivity index (χ4n) is 3.74. The maximum atomic E-state index is 13.6. The summed E-state index contributed by atoms with van der Waals surface area (Å²) in [7, 11) is 0. The van der Waals surface area contributed by atoms with Gasteiger partial charge in [-0.3, -0.25) is 9.69 Å². The smallest absolute Gasteiger partial charge is 0.237 e. The molecule has 33 heavy (non-hydrogen) atoms. The molecule has 0 radical (unpaired) electrons. The molecule has 1 heterocycles. The minimum Gasteiger partial charge on any atom is -0.274 e. The molecule has 1 aromatic heterocycles. The summed E-state index contributed by atoms with van der Waals surface area (Å²) in [6, 6.07) is 31.9. The highest BCUT2D eigenvalue weighted by Gasteiger charge is 2.22. The zero-order chi connectivity index (χ0) is 22.8. The van der Waals surface area contributed by atoms with Gasteiger partial charge in [0.1, 0.15) is 0 Å². The molecule has 0 atom stereocenters. The van der Waals surface area contributed by atoms with Crippen LogP contribution >= 0.6 is 22.9 Å². The number of benzene rings is 4. The number of nitrogens with zero attached hydrogens (tertiary/aromatic N) is 2. The number of aryl methyl sites for hydroxylation is 1. The Kier molecular flexibility index (Phi) is 5.95. The van der Waals surface area contributed by atoms with Crippen LogP contribution in [-0.2, 0) is 11.2 Å². The molecule has 0 saturated heterocycles. The van der Waals surface area contributed by atoms with E-state index in [2.05, 4.69) is 24.3 Å². The number of fused-ring (bicyclic) bond motifs is 1. The van der Waals surface area contributed by atoms with Gasteiger partial charge in [-0.25, -0.2) is 4.98 Å². The summed E-state index contributed by atoms with van der Waals surface area (Å²) < 4.78 is 1.04. The molecule has 3 nitrogen and oxygen atoms in total. The van der Waals surface area contributed by atoms with Gasteiger partial charge in [-0.05, 0) is 53.4 Å². The molecule has 4 aromatic carbocycles. The summed E-state index contributed by atoms with van der Waals surface area (Å²) in [5.41, 5.74) is 5.79. The van der Waals surface area contributed by atoms with E-state index < -0.39 is 0 Å². The zero-order valence-electron chi connectivity index (χ0n) is 18.0. The maximum Gasteiger partial charge on any atom is 0.237 e. The number of rotatable bonds is 5. The summed E-state index contributed by atoms with van der Waals surface area (Å²) in [6.45, 7) is 1.95. The number of aromatic nitrogens is 1. The van der Waals surface area contributed by atoms with Crippen molar-refractivity contribution in [3.8, 4) is 11.1 Å². The monoisotopic (exact) mass is 468 g/mol. The minimum absolute atomic E-state index is 0.0542. The van der Waals surface area contributed by atoms with Crippen LogP contribution in [0.2, 0.25) is 5.02 Å². The van der Waals surface area contributed by atoms with Crippen molar-refractivity contribution < 1.29 is 4.79 Å². The number of carbonyl (C=O) groups is 1. The third-order valence-electron chi connectivity index (χ3n) is 5.55. The summed E-state index contributed by atoms with van der Waals surface area (Å²) in [5, 5.41) is 1.26. The van der Waals surface area contributed by atoms with Crippen molar-refractivity contribution in [3.05, 3.63) is 113 Å². The average Bonchev–Trinajstić information content (AvgIpc) is 3.26. The third kappa shape index (κ3) is 4.54. The molecule has 1 amide bonds. The van der Waals surface area contributed by atoms with Crippen LogP contribution in [0, 0.1) is 6.92 Å². The summed E-state index contributed by atoms with van der Waals surface area (Å²) in [6.07, 6.45) is 0.260. The second-order valence-corrected chi connectivity index (χ2v) is 9.28. The number of anilines is 2. The fourth-order valence-corrected chi connectivity index (χ4v) is 4.92. The van der Waals surface area contributed by atoms with Crippen molar-refractivity contribution in [1.29, 1.82) is 0 Å². The van der Waals surface area contributed by atoms with Gasteiger partial charge in [-0.15, -0.1) is 0 Å². The summed E-state index contributed by atoms with van der Waals surface area (Å²) in [4.78, 5) is 20.0. The van der Waals surface area contributed by atoms with Gasteiger partial charge >= 0.3 is 0 Å². The van der Waals surface area contributed by atoms with Crippen LogP contribution < -0.4 is 4.90 Å². The predicted molar refractivity (Wildman–Crippen MR) is 139 cm³/mol. The first-order chi connectivity index (χ1) is 16.1. The van der Waals surface area contributed by atoms with Gasteiger partial charge in [0, 0.05) is 5.02 Å². The quantitative estimate of drug-likeness (QED) is 0.263. The van der Waals surface area contributed by atoms with E-state index in [0.717, 1.165) is 38.2 Å². The van der Waals surface area contributed by atoms with Crippen molar-refractivity contribution >= 4 is 49.9 Å². The van der Waals surface area contributed by atoms with E-state index in [0.29, 0.717) is 10.2 Å². The largest absolute Gasteiger partial charge is 0.274 e. The first-order valence-corrected chi connectivity index (χ1v) is 11.9. The van der Waals surface area contributed by atoms with Gasteiger partial charge in [-0.2, -0.15) is 0 Å². The third-order valence-corrected chi connectivity index (χ3v) is 6.98. The number of halogens is 1. The molecule has 0 saturated carbocycles. The van der Waals surface area contributed by atoms with Crippen LogP contribution in [0.15, 0.2) is 97.1 Å². The zero-order valence-corrected chi connectivity index (χ0v) is 19.6. The van der Waals surface area contributed by atoms with Crippen molar-refractivity contribution in [2.75, 3.05) is 4.90 Å². The number of hydrogen-bond acceptors (Lipinski definition) is 3. The Morgan fingerprint density at radius 3 is 2.30 bits per heavy atom. The molecule has 0 aliphatic heterocycles. The van der Waals surface area contributed by atoms with E-state index in [1.807, 2.05) is 79.7 Å². The molecular formula is C28H21ClN2OS.